The molecule has 0 aliphatic rings. The highest BCUT2D eigenvalue weighted by Crippen LogP contribution is 2.34. The molecule has 0 saturated carbocycles. The Morgan fingerprint density at radius 2 is 1.75 bits per heavy atom. The third-order valence-electron chi connectivity index (χ3n) is 4.18. The quantitative estimate of drug-likeness (QED) is 0.481. The number of benzene rings is 2. The van der Waals surface area contributed by atoms with E-state index in [4.69, 9.17) is 33.9 Å². The predicted octanol–water partition coefficient (Wildman–Crippen LogP) is 5.19. The van der Waals surface area contributed by atoms with Crippen LogP contribution in [0.4, 0.5) is 11.8 Å². The number of rotatable bonds is 4. The Labute approximate surface area is 172 Å². The molecule has 6 nitrogen and oxygen atoms in total. The molecule has 8 heteroatoms. The Balaban J connectivity index is 1.98. The molecular weight excluding hydrogens is 395 g/mol. The van der Waals surface area contributed by atoms with Gasteiger partial charge in [0.15, 0.2) is 5.65 Å². The fourth-order valence-corrected chi connectivity index (χ4v) is 3.25. The minimum Gasteiger partial charge on any atom is -0.383 e. The monoisotopic (exact) mass is 412 g/mol. The molecule has 4 rings (SSSR count). The standard InChI is InChI=1S/C20H18Cl2N6/c1-11(2)24-20-25-17(12-6-4-3-5-7-12)16-18(23)28(27-19(16)26-20)13-8-9-14(21)15(22)10-13/h3-11H,23H2,1-2H3,(H,24,26,27). The van der Waals surface area contributed by atoms with E-state index in [-0.39, 0.29) is 6.04 Å². The van der Waals surface area contributed by atoms with Gasteiger partial charge in [0.05, 0.1) is 26.8 Å². The van der Waals surface area contributed by atoms with Crippen LogP contribution in [0, 0.1) is 0 Å². The van der Waals surface area contributed by atoms with E-state index in [0.29, 0.717) is 38.5 Å². The maximum Gasteiger partial charge on any atom is 0.225 e. The van der Waals surface area contributed by atoms with Crippen molar-refractivity contribution in [2.45, 2.75) is 19.9 Å². The molecule has 0 radical (unpaired) electrons. The zero-order valence-corrected chi connectivity index (χ0v) is 16.8. The van der Waals surface area contributed by atoms with Gasteiger partial charge in [-0.15, -0.1) is 5.10 Å². The van der Waals surface area contributed by atoms with Crippen LogP contribution in [0.15, 0.2) is 48.5 Å². The van der Waals surface area contributed by atoms with Gasteiger partial charge >= 0.3 is 0 Å². The minimum atomic E-state index is 0.176. The van der Waals surface area contributed by atoms with Gasteiger partial charge in [-0.1, -0.05) is 53.5 Å². The van der Waals surface area contributed by atoms with Gasteiger partial charge in [-0.3, -0.25) is 0 Å². The lowest BCUT2D eigenvalue weighted by atomic mass is 10.1. The van der Waals surface area contributed by atoms with Gasteiger partial charge in [-0.2, -0.15) is 4.98 Å². The van der Waals surface area contributed by atoms with Gasteiger partial charge in [0.2, 0.25) is 5.95 Å². The lowest BCUT2D eigenvalue weighted by molar-refractivity contribution is 0.872. The van der Waals surface area contributed by atoms with Gasteiger partial charge in [-0.05, 0) is 32.0 Å². The van der Waals surface area contributed by atoms with Crippen LogP contribution in [0.5, 0.6) is 0 Å². The van der Waals surface area contributed by atoms with Gasteiger partial charge in [0.25, 0.3) is 0 Å². The van der Waals surface area contributed by atoms with Crippen molar-refractivity contribution in [2.24, 2.45) is 0 Å². The summed E-state index contributed by atoms with van der Waals surface area (Å²) in [6.07, 6.45) is 0. The molecule has 0 aliphatic heterocycles. The number of hydrogen-bond acceptors (Lipinski definition) is 5. The van der Waals surface area contributed by atoms with Crippen molar-refractivity contribution in [3.05, 3.63) is 58.6 Å². The number of nitrogens with one attached hydrogen (secondary N) is 1. The van der Waals surface area contributed by atoms with E-state index in [1.54, 1.807) is 22.9 Å². The average molecular weight is 413 g/mol. The van der Waals surface area contributed by atoms with Gasteiger partial charge in [0, 0.05) is 11.6 Å². The molecule has 0 aliphatic carbocycles. The molecule has 2 aromatic heterocycles. The number of aromatic nitrogens is 4. The van der Waals surface area contributed by atoms with Crippen LogP contribution < -0.4 is 11.1 Å². The number of hydrogen-bond donors (Lipinski definition) is 2. The van der Waals surface area contributed by atoms with E-state index < -0.39 is 0 Å². The highest BCUT2D eigenvalue weighted by Gasteiger charge is 2.19. The fourth-order valence-electron chi connectivity index (χ4n) is 2.95. The molecule has 28 heavy (non-hydrogen) atoms. The number of fused-ring (bicyclic) bond motifs is 1. The van der Waals surface area contributed by atoms with Crippen molar-refractivity contribution in [2.75, 3.05) is 11.1 Å². The molecule has 4 aromatic rings. The van der Waals surface area contributed by atoms with Gasteiger partial charge in [-0.25, -0.2) is 9.67 Å². The zero-order chi connectivity index (χ0) is 19.8. The largest absolute Gasteiger partial charge is 0.383 e. The summed E-state index contributed by atoms with van der Waals surface area (Å²) in [5.74, 6) is 0.934. The number of halogens is 2. The summed E-state index contributed by atoms with van der Waals surface area (Å²) in [5.41, 5.74) is 9.32. The van der Waals surface area contributed by atoms with Crippen molar-refractivity contribution in [1.29, 1.82) is 0 Å². The second-order valence-corrected chi connectivity index (χ2v) is 7.47. The Hall–Kier alpha value is -2.83. The first-order valence-corrected chi connectivity index (χ1v) is 9.53. The van der Waals surface area contributed by atoms with Crippen LogP contribution in [0.3, 0.4) is 0 Å². The molecular formula is C20H18Cl2N6. The molecule has 0 saturated heterocycles. The average Bonchev–Trinajstić information content (AvgIpc) is 3.00. The van der Waals surface area contributed by atoms with Crippen LogP contribution in [0.1, 0.15) is 13.8 Å². The third kappa shape index (κ3) is 3.37. The topological polar surface area (TPSA) is 81.6 Å². The van der Waals surface area contributed by atoms with Crippen molar-refractivity contribution in [3.8, 4) is 16.9 Å². The second kappa shape index (κ2) is 7.30. The van der Waals surface area contributed by atoms with Crippen molar-refractivity contribution in [3.63, 3.8) is 0 Å². The van der Waals surface area contributed by atoms with Crippen molar-refractivity contribution < 1.29 is 0 Å². The van der Waals surface area contributed by atoms with Crippen LogP contribution in [0.25, 0.3) is 28.0 Å². The van der Waals surface area contributed by atoms with Crippen LogP contribution in [-0.4, -0.2) is 25.8 Å². The number of nitrogens with zero attached hydrogens (tertiary/aromatic N) is 4. The molecule has 2 heterocycles. The summed E-state index contributed by atoms with van der Waals surface area (Å²) in [5, 5.41) is 9.43. The van der Waals surface area contributed by atoms with E-state index in [1.807, 2.05) is 44.2 Å². The summed E-state index contributed by atoms with van der Waals surface area (Å²) in [7, 11) is 0. The molecule has 0 spiro atoms. The Kier molecular flexibility index (Phi) is 4.83. The number of anilines is 2. The maximum absolute atomic E-state index is 6.47. The molecule has 0 amide bonds. The van der Waals surface area contributed by atoms with Crippen LogP contribution in [-0.2, 0) is 0 Å². The molecule has 0 bridgehead atoms. The Bertz CT molecular complexity index is 1150. The minimum absolute atomic E-state index is 0.176. The van der Waals surface area contributed by atoms with E-state index in [0.717, 1.165) is 11.3 Å². The molecule has 2 aromatic carbocycles. The summed E-state index contributed by atoms with van der Waals surface area (Å²) < 4.78 is 1.60. The predicted molar refractivity (Wildman–Crippen MR) is 115 cm³/mol. The molecule has 0 fully saturated rings. The molecule has 142 valence electrons. The SMILES string of the molecule is CC(C)Nc1nc(-c2ccccc2)c2c(N)n(-c3ccc(Cl)c(Cl)c3)nc2n1. The number of nitrogens with two attached hydrogens (primary N) is 1. The first-order chi connectivity index (χ1) is 13.4. The van der Waals surface area contributed by atoms with Crippen LogP contribution in [0.2, 0.25) is 10.0 Å². The number of nitrogen functional groups attached to an aromatic ring is 1. The lowest BCUT2D eigenvalue weighted by Crippen LogP contribution is -2.13. The summed E-state index contributed by atoms with van der Waals surface area (Å²) >= 11 is 12.2. The Morgan fingerprint density at radius 3 is 2.43 bits per heavy atom. The summed E-state index contributed by atoms with van der Waals surface area (Å²) in [6.45, 7) is 4.05. The highest BCUT2D eigenvalue weighted by molar-refractivity contribution is 6.42. The van der Waals surface area contributed by atoms with Gasteiger partial charge < -0.3 is 11.1 Å². The maximum atomic E-state index is 6.47. The molecule has 0 atom stereocenters. The summed E-state index contributed by atoms with van der Waals surface area (Å²) in [4.78, 5) is 9.26. The first-order valence-electron chi connectivity index (χ1n) is 8.77. The highest BCUT2D eigenvalue weighted by atomic mass is 35.5. The molecule has 0 unspecified atom stereocenters. The first kappa shape index (κ1) is 18.5. The fraction of sp³-hybridized carbons (Fsp3) is 0.150. The smallest absolute Gasteiger partial charge is 0.225 e. The molecule has 3 N–H and O–H groups in total. The normalized spacial score (nSPS) is 11.3. The third-order valence-corrected chi connectivity index (χ3v) is 4.92. The van der Waals surface area contributed by atoms with Crippen molar-refractivity contribution >= 4 is 46.0 Å². The van der Waals surface area contributed by atoms with Gasteiger partial charge in [0.1, 0.15) is 5.82 Å². The van der Waals surface area contributed by atoms with Crippen LogP contribution >= 0.6 is 23.2 Å². The second-order valence-electron chi connectivity index (χ2n) is 6.65. The van der Waals surface area contributed by atoms with E-state index >= 15 is 0 Å². The lowest BCUT2D eigenvalue weighted by Gasteiger charge is -2.10. The van der Waals surface area contributed by atoms with E-state index in [1.165, 1.54) is 0 Å². The van der Waals surface area contributed by atoms with Crippen molar-refractivity contribution in [1.82, 2.24) is 19.7 Å². The summed E-state index contributed by atoms with van der Waals surface area (Å²) in [6, 6.07) is 15.2. The Morgan fingerprint density at radius 1 is 1.00 bits per heavy atom. The zero-order valence-electron chi connectivity index (χ0n) is 15.3. The van der Waals surface area contributed by atoms with E-state index in [2.05, 4.69) is 15.4 Å². The van der Waals surface area contributed by atoms with E-state index in [9.17, 15) is 0 Å².